The van der Waals surface area contributed by atoms with Crippen LogP contribution in [0.3, 0.4) is 0 Å². The number of benzene rings is 1. The van der Waals surface area contributed by atoms with Crippen LogP contribution in [0.15, 0.2) is 29.4 Å². The monoisotopic (exact) mass is 148 g/mol. The summed E-state index contributed by atoms with van der Waals surface area (Å²) in [6.45, 7) is 0.757. The zero-order chi connectivity index (χ0) is 7.68. The first kappa shape index (κ1) is 6.49. The van der Waals surface area contributed by atoms with Crippen molar-refractivity contribution >= 4 is 0 Å². The van der Waals surface area contributed by atoms with E-state index in [1.54, 1.807) is 0 Å². The minimum absolute atomic E-state index is 0.328. The molecule has 1 unspecified atom stereocenters. The maximum Gasteiger partial charge on any atom is 0.168 e. The van der Waals surface area contributed by atoms with Crippen LogP contribution >= 0.6 is 0 Å². The molecule has 0 spiro atoms. The minimum atomic E-state index is -0.328. The maximum atomic E-state index is 10.3. The summed E-state index contributed by atoms with van der Waals surface area (Å²) in [6.07, 6.45) is -0.328. The molecule has 0 fully saturated rings. The smallest absolute Gasteiger partial charge is 0.168 e. The van der Waals surface area contributed by atoms with Gasteiger partial charge in [0.15, 0.2) is 6.17 Å². The largest absolute Gasteiger partial charge is 0.285 e. The van der Waals surface area contributed by atoms with E-state index in [2.05, 4.69) is 10.5 Å². The molecule has 3 nitrogen and oxygen atoms in total. The second kappa shape index (κ2) is 2.43. The van der Waals surface area contributed by atoms with Crippen molar-refractivity contribution in [2.24, 2.45) is 5.18 Å². The third-order valence-electron chi connectivity index (χ3n) is 1.94. The fourth-order valence-electron chi connectivity index (χ4n) is 1.37. The molecule has 0 aromatic heterocycles. The van der Waals surface area contributed by atoms with Crippen molar-refractivity contribution in [2.45, 2.75) is 12.7 Å². The number of fused-ring (bicyclic) bond motifs is 1. The third-order valence-corrected chi connectivity index (χ3v) is 1.94. The highest BCUT2D eigenvalue weighted by Crippen LogP contribution is 2.24. The van der Waals surface area contributed by atoms with E-state index in [-0.39, 0.29) is 6.17 Å². The molecule has 11 heavy (non-hydrogen) atoms. The van der Waals surface area contributed by atoms with Crippen molar-refractivity contribution in [3.63, 3.8) is 0 Å². The van der Waals surface area contributed by atoms with E-state index in [0.29, 0.717) is 0 Å². The Kier molecular flexibility index (Phi) is 1.43. The molecule has 0 radical (unpaired) electrons. The highest BCUT2D eigenvalue weighted by molar-refractivity contribution is 5.33. The Bertz CT molecular complexity index is 285. The van der Waals surface area contributed by atoms with E-state index in [1.165, 1.54) is 5.56 Å². The summed E-state index contributed by atoms with van der Waals surface area (Å²) >= 11 is 0. The van der Waals surface area contributed by atoms with Gasteiger partial charge in [-0.3, -0.25) is 5.32 Å². The zero-order valence-corrected chi connectivity index (χ0v) is 5.95. The summed E-state index contributed by atoms with van der Waals surface area (Å²) < 4.78 is 0. The fourth-order valence-corrected chi connectivity index (χ4v) is 1.37. The summed E-state index contributed by atoms with van der Waals surface area (Å²) in [5.41, 5.74) is 2.19. The van der Waals surface area contributed by atoms with Crippen LogP contribution in [0.5, 0.6) is 0 Å². The Balaban J connectivity index is 2.46. The molecule has 0 aliphatic carbocycles. The van der Waals surface area contributed by atoms with E-state index in [4.69, 9.17) is 0 Å². The molecule has 1 aliphatic rings. The molecular formula is C8H8N2O. The van der Waals surface area contributed by atoms with Gasteiger partial charge in [-0.05, 0) is 16.3 Å². The van der Waals surface area contributed by atoms with Crippen molar-refractivity contribution < 1.29 is 0 Å². The average Bonchev–Trinajstić information content (AvgIpc) is 2.47. The van der Waals surface area contributed by atoms with E-state index in [1.807, 2.05) is 24.3 Å². The lowest BCUT2D eigenvalue weighted by molar-refractivity contribution is 0.606. The lowest BCUT2D eigenvalue weighted by atomic mass is 10.1. The van der Waals surface area contributed by atoms with Gasteiger partial charge in [0.1, 0.15) is 0 Å². The van der Waals surface area contributed by atoms with Gasteiger partial charge >= 0.3 is 0 Å². The lowest BCUT2D eigenvalue weighted by Gasteiger charge is -1.99. The zero-order valence-electron chi connectivity index (χ0n) is 5.95. The Hall–Kier alpha value is -1.22. The normalized spacial score (nSPS) is 21.3. The molecular weight excluding hydrogens is 140 g/mol. The molecule has 0 saturated carbocycles. The third kappa shape index (κ3) is 0.935. The molecule has 0 bridgehead atoms. The molecule has 1 atom stereocenters. The molecule has 1 aromatic carbocycles. The second-order valence-corrected chi connectivity index (χ2v) is 2.59. The Morgan fingerprint density at radius 1 is 1.45 bits per heavy atom. The number of rotatable bonds is 1. The fraction of sp³-hybridized carbons (Fsp3) is 0.250. The Labute approximate surface area is 64.4 Å². The summed E-state index contributed by atoms with van der Waals surface area (Å²) in [7, 11) is 0. The molecule has 1 aromatic rings. The minimum Gasteiger partial charge on any atom is -0.285 e. The van der Waals surface area contributed by atoms with Crippen LogP contribution in [0.1, 0.15) is 17.3 Å². The van der Waals surface area contributed by atoms with E-state index in [9.17, 15) is 4.91 Å². The van der Waals surface area contributed by atoms with Gasteiger partial charge in [0.05, 0.1) is 0 Å². The topological polar surface area (TPSA) is 41.5 Å². The first-order valence-electron chi connectivity index (χ1n) is 3.55. The molecule has 3 heteroatoms. The molecule has 1 heterocycles. The number of nitroso groups, excluding NO2 is 1. The summed E-state index contributed by atoms with van der Waals surface area (Å²) in [5, 5.41) is 5.96. The number of hydrogen-bond acceptors (Lipinski definition) is 3. The molecule has 56 valence electrons. The lowest BCUT2D eigenvalue weighted by Crippen LogP contribution is -2.08. The van der Waals surface area contributed by atoms with Crippen molar-refractivity contribution in [3.8, 4) is 0 Å². The quantitative estimate of drug-likeness (QED) is 0.614. The predicted molar refractivity (Wildman–Crippen MR) is 41.8 cm³/mol. The molecule has 1 aliphatic heterocycles. The summed E-state index contributed by atoms with van der Waals surface area (Å²) in [5.74, 6) is 0. The van der Waals surface area contributed by atoms with Crippen molar-refractivity contribution in [3.05, 3.63) is 40.3 Å². The number of nitrogens with zero attached hydrogens (tertiary/aromatic N) is 1. The highest BCUT2D eigenvalue weighted by Gasteiger charge is 2.20. The van der Waals surface area contributed by atoms with Gasteiger partial charge in [-0.2, -0.15) is 0 Å². The second-order valence-electron chi connectivity index (χ2n) is 2.59. The number of nitrogens with one attached hydrogen (secondary N) is 1. The average molecular weight is 148 g/mol. The van der Waals surface area contributed by atoms with Crippen molar-refractivity contribution in [1.29, 1.82) is 0 Å². The SMILES string of the molecule is O=NC1NCc2ccccc21. The first-order valence-corrected chi connectivity index (χ1v) is 3.55. The van der Waals surface area contributed by atoms with Gasteiger partial charge in [-0.1, -0.05) is 24.3 Å². The Morgan fingerprint density at radius 3 is 3.09 bits per heavy atom. The Morgan fingerprint density at radius 2 is 2.27 bits per heavy atom. The molecule has 2 rings (SSSR count). The van der Waals surface area contributed by atoms with Crippen LogP contribution < -0.4 is 5.32 Å². The van der Waals surface area contributed by atoms with Gasteiger partial charge in [0.2, 0.25) is 0 Å². The van der Waals surface area contributed by atoms with Gasteiger partial charge in [0, 0.05) is 6.54 Å². The number of hydrogen-bond donors (Lipinski definition) is 1. The first-order chi connectivity index (χ1) is 5.42. The van der Waals surface area contributed by atoms with Gasteiger partial charge in [-0.15, -0.1) is 4.91 Å². The summed E-state index contributed by atoms with van der Waals surface area (Å²) in [6, 6.07) is 7.83. The highest BCUT2D eigenvalue weighted by atomic mass is 16.3. The van der Waals surface area contributed by atoms with Crippen molar-refractivity contribution in [1.82, 2.24) is 5.32 Å². The van der Waals surface area contributed by atoms with E-state index >= 15 is 0 Å². The van der Waals surface area contributed by atoms with Crippen LogP contribution in [-0.2, 0) is 6.54 Å². The van der Waals surface area contributed by atoms with Crippen LogP contribution in [0.25, 0.3) is 0 Å². The molecule has 1 N–H and O–H groups in total. The van der Waals surface area contributed by atoms with Crippen LogP contribution in [0.4, 0.5) is 0 Å². The van der Waals surface area contributed by atoms with Gasteiger partial charge in [-0.25, -0.2) is 0 Å². The van der Waals surface area contributed by atoms with Crippen LogP contribution in [0.2, 0.25) is 0 Å². The van der Waals surface area contributed by atoms with Crippen LogP contribution in [-0.4, -0.2) is 0 Å². The maximum absolute atomic E-state index is 10.3. The molecule has 0 saturated heterocycles. The van der Waals surface area contributed by atoms with Crippen LogP contribution in [0, 0.1) is 4.91 Å². The van der Waals surface area contributed by atoms with E-state index in [0.717, 1.165) is 12.1 Å². The van der Waals surface area contributed by atoms with Crippen molar-refractivity contribution in [2.75, 3.05) is 0 Å². The predicted octanol–water partition coefficient (Wildman–Crippen LogP) is 1.55. The molecule has 0 amide bonds. The van der Waals surface area contributed by atoms with Gasteiger partial charge < -0.3 is 0 Å². The summed E-state index contributed by atoms with van der Waals surface area (Å²) in [4.78, 5) is 10.3. The standard InChI is InChI=1S/C8H8N2O/c11-10-8-7-4-2-1-3-6(7)5-9-8/h1-4,8-9H,5H2. The van der Waals surface area contributed by atoms with E-state index < -0.39 is 0 Å². The van der Waals surface area contributed by atoms with Gasteiger partial charge in [0.25, 0.3) is 0 Å².